The van der Waals surface area contributed by atoms with E-state index in [0.717, 1.165) is 22.5 Å². The van der Waals surface area contributed by atoms with Gasteiger partial charge in [-0.25, -0.2) is 8.78 Å². The minimum Gasteiger partial charge on any atom is -0.307 e. The standard InChI is InChI=1S/C22H19F2N3O2/c1-13-3-4-14(19(24)9-13)10-16(28)7-8-27-20-11-15(23)5-6-17(20)21-18(22(27)29)12-26(2)25-21/h3-6,9,11-12H,7-8,10H2,1-2H3/i2D3. The van der Waals surface area contributed by atoms with Crippen LogP contribution >= 0.6 is 0 Å². The molecule has 0 aliphatic rings. The van der Waals surface area contributed by atoms with Crippen LogP contribution in [0.1, 0.15) is 21.7 Å². The molecule has 0 aliphatic carbocycles. The van der Waals surface area contributed by atoms with Gasteiger partial charge in [-0.05, 0) is 42.3 Å². The number of hydrogen-bond donors (Lipinski definition) is 0. The second-order valence-corrected chi connectivity index (χ2v) is 7.01. The van der Waals surface area contributed by atoms with Gasteiger partial charge in [-0.2, -0.15) is 5.10 Å². The fourth-order valence-corrected chi connectivity index (χ4v) is 3.47. The molecule has 4 rings (SSSR count). The van der Waals surface area contributed by atoms with Crippen LogP contribution in [0.25, 0.3) is 21.8 Å². The fraction of sp³-hybridized carbons (Fsp3) is 0.227. The fourth-order valence-electron chi connectivity index (χ4n) is 3.47. The van der Waals surface area contributed by atoms with Crippen molar-refractivity contribution in [2.45, 2.75) is 26.3 Å². The van der Waals surface area contributed by atoms with E-state index in [4.69, 9.17) is 4.11 Å². The molecule has 0 aliphatic heterocycles. The van der Waals surface area contributed by atoms with Crippen molar-refractivity contribution in [3.63, 3.8) is 0 Å². The van der Waals surface area contributed by atoms with Crippen LogP contribution in [0.4, 0.5) is 8.78 Å². The van der Waals surface area contributed by atoms with E-state index in [1.807, 2.05) is 0 Å². The van der Waals surface area contributed by atoms with Gasteiger partial charge in [0.25, 0.3) is 5.56 Å². The first-order valence-corrected chi connectivity index (χ1v) is 9.03. The zero-order chi connectivity index (χ0) is 23.2. The van der Waals surface area contributed by atoms with Gasteiger partial charge in [-0.15, -0.1) is 0 Å². The zero-order valence-corrected chi connectivity index (χ0v) is 15.6. The number of aromatic nitrogens is 3. The lowest BCUT2D eigenvalue weighted by Crippen LogP contribution is -2.22. The Morgan fingerprint density at radius 2 is 2.00 bits per heavy atom. The van der Waals surface area contributed by atoms with E-state index in [1.165, 1.54) is 22.8 Å². The largest absolute Gasteiger partial charge is 0.307 e. The lowest BCUT2D eigenvalue weighted by molar-refractivity contribution is -0.118. The molecule has 0 saturated heterocycles. The Morgan fingerprint density at radius 3 is 2.76 bits per heavy atom. The number of pyridine rings is 1. The average Bonchev–Trinajstić information content (AvgIpc) is 3.16. The van der Waals surface area contributed by atoms with Crippen LogP contribution in [0, 0.1) is 18.6 Å². The maximum atomic E-state index is 14.1. The van der Waals surface area contributed by atoms with Crippen molar-refractivity contribution in [2.75, 3.05) is 0 Å². The van der Waals surface area contributed by atoms with Crippen LogP contribution in [0.15, 0.2) is 47.4 Å². The Labute approximate surface area is 169 Å². The van der Waals surface area contributed by atoms with Crippen molar-refractivity contribution >= 4 is 27.6 Å². The lowest BCUT2D eigenvalue weighted by Gasteiger charge is -2.11. The number of ketones is 1. The maximum absolute atomic E-state index is 14.1. The molecule has 0 bridgehead atoms. The average molecular weight is 398 g/mol. The molecule has 2 aromatic carbocycles. The minimum absolute atomic E-state index is 0.0530. The Hall–Kier alpha value is -3.35. The second kappa shape index (κ2) is 7.24. The first-order valence-electron chi connectivity index (χ1n) is 10.5. The van der Waals surface area contributed by atoms with Gasteiger partial charge in [0.1, 0.15) is 22.9 Å². The van der Waals surface area contributed by atoms with Crippen LogP contribution in [0.3, 0.4) is 0 Å². The molecular formula is C22H19F2N3O2. The molecule has 0 radical (unpaired) electrons. The Kier molecular flexibility index (Phi) is 3.88. The number of aryl methyl sites for hydroxylation is 3. The summed E-state index contributed by atoms with van der Waals surface area (Å²) in [5.41, 5.74) is 0.767. The minimum atomic E-state index is -2.59. The van der Waals surface area contributed by atoms with E-state index in [0.29, 0.717) is 5.39 Å². The highest BCUT2D eigenvalue weighted by atomic mass is 19.1. The molecule has 2 heterocycles. The summed E-state index contributed by atoms with van der Waals surface area (Å²) < 4.78 is 52.6. The summed E-state index contributed by atoms with van der Waals surface area (Å²) in [4.78, 5) is 25.6. The smallest absolute Gasteiger partial charge is 0.262 e. The topological polar surface area (TPSA) is 56.9 Å². The summed E-state index contributed by atoms with van der Waals surface area (Å²) in [6.45, 7) is -0.910. The predicted molar refractivity (Wildman–Crippen MR) is 107 cm³/mol. The van der Waals surface area contributed by atoms with Crippen molar-refractivity contribution in [2.24, 2.45) is 6.98 Å². The van der Waals surface area contributed by atoms with Crippen molar-refractivity contribution in [1.29, 1.82) is 0 Å². The quantitative estimate of drug-likeness (QED) is 0.515. The number of nitrogens with zero attached hydrogens (tertiary/aromatic N) is 3. The van der Waals surface area contributed by atoms with Crippen LogP contribution in [-0.2, 0) is 24.7 Å². The molecule has 0 amide bonds. The monoisotopic (exact) mass is 398 g/mol. The normalized spacial score (nSPS) is 13.4. The van der Waals surface area contributed by atoms with Crippen molar-refractivity contribution in [1.82, 2.24) is 14.3 Å². The highest BCUT2D eigenvalue weighted by Crippen LogP contribution is 2.22. The highest BCUT2D eigenvalue weighted by Gasteiger charge is 2.16. The molecule has 0 spiro atoms. The Bertz CT molecular complexity index is 1420. The van der Waals surface area contributed by atoms with Gasteiger partial charge in [-0.1, -0.05) is 12.1 Å². The summed E-state index contributed by atoms with van der Waals surface area (Å²) in [6, 6.07) is 8.37. The van der Waals surface area contributed by atoms with E-state index in [-0.39, 0.29) is 47.2 Å². The van der Waals surface area contributed by atoms with Crippen LogP contribution in [0.5, 0.6) is 0 Å². The number of hydrogen-bond acceptors (Lipinski definition) is 3. The summed E-state index contributed by atoms with van der Waals surface area (Å²) >= 11 is 0. The molecule has 0 atom stereocenters. The molecular weight excluding hydrogens is 376 g/mol. The van der Waals surface area contributed by atoms with E-state index >= 15 is 0 Å². The third-order valence-corrected chi connectivity index (χ3v) is 4.91. The van der Waals surface area contributed by atoms with E-state index in [1.54, 1.807) is 19.1 Å². The van der Waals surface area contributed by atoms with Crippen LogP contribution in [0.2, 0.25) is 0 Å². The highest BCUT2D eigenvalue weighted by molar-refractivity contribution is 6.03. The molecule has 0 unspecified atom stereocenters. The Morgan fingerprint density at radius 1 is 1.17 bits per heavy atom. The summed E-state index contributed by atoms with van der Waals surface area (Å²) in [6.07, 6.45) is 0.914. The maximum Gasteiger partial charge on any atom is 0.262 e. The van der Waals surface area contributed by atoms with Crippen molar-refractivity contribution < 1.29 is 17.7 Å². The summed E-state index contributed by atoms with van der Waals surface area (Å²) in [5.74, 6) is -1.35. The summed E-state index contributed by atoms with van der Waals surface area (Å²) in [7, 11) is 0. The number of rotatable bonds is 5. The molecule has 0 fully saturated rings. The Balaban J connectivity index is 1.72. The van der Waals surface area contributed by atoms with Gasteiger partial charge in [-0.3, -0.25) is 14.3 Å². The van der Waals surface area contributed by atoms with Gasteiger partial charge in [0.2, 0.25) is 0 Å². The van der Waals surface area contributed by atoms with E-state index in [2.05, 4.69) is 5.10 Å². The van der Waals surface area contributed by atoms with Gasteiger partial charge < -0.3 is 4.57 Å². The predicted octanol–water partition coefficient (Wildman–Crippen LogP) is 3.68. The molecule has 7 heteroatoms. The van der Waals surface area contributed by atoms with E-state index in [9.17, 15) is 18.4 Å². The van der Waals surface area contributed by atoms with Crippen LogP contribution in [-0.4, -0.2) is 20.1 Å². The first-order chi connectivity index (χ1) is 15.0. The number of halogens is 2. The van der Waals surface area contributed by atoms with Crippen molar-refractivity contribution in [3.8, 4) is 0 Å². The molecule has 4 aromatic rings. The summed E-state index contributed by atoms with van der Waals surface area (Å²) in [5, 5.41) is 4.46. The molecule has 2 aromatic heterocycles. The molecule has 148 valence electrons. The van der Waals surface area contributed by atoms with E-state index < -0.39 is 24.2 Å². The number of fused-ring (bicyclic) bond motifs is 3. The molecule has 29 heavy (non-hydrogen) atoms. The lowest BCUT2D eigenvalue weighted by atomic mass is 10.0. The number of benzene rings is 2. The van der Waals surface area contributed by atoms with Crippen molar-refractivity contribution in [3.05, 3.63) is 75.7 Å². The molecule has 5 nitrogen and oxygen atoms in total. The number of carbonyl (C=O) groups excluding carboxylic acids is 1. The second-order valence-electron chi connectivity index (χ2n) is 7.01. The van der Waals surface area contributed by atoms with Gasteiger partial charge >= 0.3 is 0 Å². The number of carbonyl (C=O) groups is 1. The first kappa shape index (κ1) is 15.6. The van der Waals surface area contributed by atoms with Crippen LogP contribution < -0.4 is 5.56 Å². The van der Waals surface area contributed by atoms with Gasteiger partial charge in [0.05, 0.1) is 10.9 Å². The zero-order valence-electron chi connectivity index (χ0n) is 18.6. The molecule has 0 saturated carbocycles. The SMILES string of the molecule is [2H]C([2H])([2H])n1cc2c(=O)n(CCC(=O)Cc3ccc(C)cc3F)c3cc(F)ccc3c2n1. The third kappa shape index (κ3) is 3.55. The van der Waals surface area contributed by atoms with Gasteiger partial charge in [0, 0.05) is 42.1 Å². The van der Waals surface area contributed by atoms with Gasteiger partial charge in [0.15, 0.2) is 0 Å². The molecule has 0 N–H and O–H groups in total. The number of Topliss-reactive ketones (excluding diaryl/α,β-unsaturated/α-hetero) is 1. The third-order valence-electron chi connectivity index (χ3n) is 4.91.